The van der Waals surface area contributed by atoms with Crippen LogP contribution in [0.25, 0.3) is 0 Å². The second kappa shape index (κ2) is 39.8. The van der Waals surface area contributed by atoms with E-state index in [0.29, 0.717) is 25.0 Å². The molecule has 0 aliphatic carbocycles. The van der Waals surface area contributed by atoms with Crippen LogP contribution in [-0.2, 0) is 160 Å². The highest BCUT2D eigenvalue weighted by Crippen LogP contribution is 2.42. The summed E-state index contributed by atoms with van der Waals surface area (Å²) in [5.74, 6) is 0.124. The fourth-order valence-corrected chi connectivity index (χ4v) is 14.5. The van der Waals surface area contributed by atoms with E-state index < -0.39 is 192 Å². The van der Waals surface area contributed by atoms with E-state index in [-0.39, 0.29) is 73.4 Å². The molecular formula is C39H67N3O43S8. The molecule has 46 nitrogen and oxygen atoms in total. The first kappa shape index (κ1) is 80.9. The number of hydrogen-bond acceptors (Lipinski definition) is 45. The largest absolute Gasteiger partial charge is 0.397 e. The van der Waals surface area contributed by atoms with E-state index in [2.05, 4.69) is 57.6 Å². The monoisotopic (exact) mass is 1520 g/mol. The number of fused-ring (bicyclic) bond motifs is 1. The van der Waals surface area contributed by atoms with Crippen LogP contribution < -0.4 is 16.0 Å². The van der Waals surface area contributed by atoms with E-state index >= 15 is 0 Å². The number of nitrogens with one attached hydrogen (secondary N) is 3. The van der Waals surface area contributed by atoms with Crippen molar-refractivity contribution in [3.8, 4) is 0 Å². The smallest absolute Gasteiger partial charge is 0.382 e. The molecule has 0 aromatic heterocycles. The van der Waals surface area contributed by atoms with Gasteiger partial charge in [0.1, 0.15) is 85.5 Å². The number of carbonyl (C=O) groups excluding carboxylic acids is 2. The maximum atomic E-state index is 13.8. The molecule has 54 heteroatoms. The number of thioether (sulfide) groups is 1. The lowest BCUT2D eigenvalue weighted by atomic mass is 9.95. The second-order valence-corrected chi connectivity index (χ2v) is 25.8. The zero-order chi connectivity index (χ0) is 68.0. The molecular weight excluding hydrogens is 1450 g/mol. The van der Waals surface area contributed by atoms with Gasteiger partial charge >= 0.3 is 37.2 Å². The van der Waals surface area contributed by atoms with Gasteiger partial charge in [-0.3, -0.25) is 35.2 Å². The number of rotatable bonds is 43. The maximum Gasteiger partial charge on any atom is 0.397 e. The Labute approximate surface area is 549 Å². The average Bonchev–Trinajstić information content (AvgIpc) is 1.52. The summed E-state index contributed by atoms with van der Waals surface area (Å²) in [4.78, 5) is 25.8. The van der Waals surface area contributed by atoms with Crippen LogP contribution in [0.15, 0.2) is 0 Å². The van der Waals surface area contributed by atoms with Gasteiger partial charge in [0.05, 0.1) is 31.9 Å². The van der Waals surface area contributed by atoms with Crippen molar-refractivity contribution in [1.29, 1.82) is 0 Å². The van der Waals surface area contributed by atoms with Crippen molar-refractivity contribution >= 4 is 104 Å². The van der Waals surface area contributed by atoms with Crippen LogP contribution in [-0.4, -0.2) is 285 Å². The average molecular weight is 1520 g/mol. The van der Waals surface area contributed by atoms with Gasteiger partial charge in [-0.05, 0) is 12.8 Å². The molecule has 3 amide bonds. The summed E-state index contributed by atoms with van der Waals surface area (Å²) in [6.07, 6.45) is -36.2. The first-order chi connectivity index (χ1) is 44.4. The molecule has 0 aromatic carbocycles. The molecule has 93 heavy (non-hydrogen) atoms. The van der Waals surface area contributed by atoms with Crippen molar-refractivity contribution in [1.82, 2.24) is 16.0 Å². The van der Waals surface area contributed by atoms with Crippen LogP contribution in [0.5, 0.6) is 0 Å². The first-order valence-corrected chi connectivity index (χ1v) is 34.1. The van der Waals surface area contributed by atoms with Gasteiger partial charge < -0.3 is 77.9 Å². The van der Waals surface area contributed by atoms with E-state index in [4.69, 9.17) is 97.7 Å². The van der Waals surface area contributed by atoms with Gasteiger partial charge in [0.2, 0.25) is 5.91 Å². The Morgan fingerprint density at radius 3 is 1.52 bits per heavy atom. The summed E-state index contributed by atoms with van der Waals surface area (Å²) in [7, 11) is -10.8. The molecule has 6 heterocycles. The first-order valence-electron chi connectivity index (χ1n) is 26.3. The summed E-state index contributed by atoms with van der Waals surface area (Å²) in [5, 5.41) is 69.6. The van der Waals surface area contributed by atoms with Crippen LogP contribution in [0.2, 0.25) is 0 Å². The SMILES string of the molecule is COCC1O[C@@H](O)C(OC)[C@@H](OC)[C@H]1O[C@@H]1OC(CNC(=O)CCCCC2SCC3NC(=O)NC32)[C@H](O[C@H]2O[C@H](COS(=O)(=O)O)[C@@H](O[C@H]3O[C@H](COS(=O)(=O)O)[C@@H](OSOOO)C(OSOOO)C3OSOOO)C(OSOOO)C2OS(=O)(=O)O)[C@H](OC)C1OC. The van der Waals surface area contributed by atoms with Gasteiger partial charge in [0.25, 0.3) is 0 Å². The number of methoxy groups -OCH3 is 5. The van der Waals surface area contributed by atoms with Gasteiger partial charge in [0.15, 0.2) is 86.7 Å². The molecule has 0 radical (unpaired) electrons. The van der Waals surface area contributed by atoms with Gasteiger partial charge in [-0.15, -0.1) is 17.3 Å². The van der Waals surface area contributed by atoms with Crippen molar-refractivity contribution in [2.75, 3.05) is 67.7 Å². The maximum absolute atomic E-state index is 13.8. The minimum absolute atomic E-state index is 0.0490. The molecule has 11 N–H and O–H groups in total. The number of unbranched alkanes of at least 4 members (excludes halogenated alkanes) is 1. The standard InChI is InChI=1S/C39H67N3O43S8/c1-59-11-17-24(27(60-2)31(62-4)35(44)66-17)71-36-32(63-5)28(61-3)23(16(67-36)10-40-21(43)9-7-6-8-20-22-15(14-86-20)41-39(45)42-22)70-38-34(77-93(56,57)58)29(74-88-83-79-47)25(18(68-38)12-64-91(50,51)52)72-37-33(76-90-85-81-49)30(75-89-84-80-48)26(73-87-82-78-46)19(69-37)13-65-92(53,54)55/h15-20,22-38,44,46-49H,6-14H2,1-5H3,(H,40,43)(H2,41,42,45)(H,50,51,52)(H,53,54,55)(H,56,57,58)/t15?,16?,17?,18-,19-,20?,22?,23+,24+,25-,26-,27+,28+,29?,30?,31?,32?,33?,34?,35-,36+,37-,38-/m1/s1. The zero-order valence-electron chi connectivity index (χ0n) is 48.3. The molecule has 0 spiro atoms. The number of amides is 3. The topological polar surface area (TPSA) is 584 Å². The summed E-state index contributed by atoms with van der Waals surface area (Å²) in [5.41, 5.74) is 0. The fourth-order valence-electron chi connectivity index (χ4n) is 10.4. The normalized spacial score (nSPS) is 35.9. The third-order valence-corrected chi connectivity index (χ3v) is 18.6. The van der Waals surface area contributed by atoms with Crippen molar-refractivity contribution in [2.45, 2.75) is 166 Å². The molecule has 6 aliphatic heterocycles. The highest BCUT2D eigenvalue weighted by atomic mass is 32.3. The third kappa shape index (κ3) is 24.3. The summed E-state index contributed by atoms with van der Waals surface area (Å²) >= 11 is 0.467. The summed E-state index contributed by atoms with van der Waals surface area (Å²) in [6, 6.07) is -0.433. The molecule has 11 unspecified atom stereocenters. The molecule has 6 aliphatic rings. The van der Waals surface area contributed by atoms with Crippen molar-refractivity contribution in [2.24, 2.45) is 0 Å². The molecule has 6 saturated heterocycles. The van der Waals surface area contributed by atoms with E-state index in [1.165, 1.54) is 21.3 Å². The minimum atomic E-state index is -5.89. The number of ether oxygens (including phenoxy) is 12. The predicted octanol–water partition coefficient (Wildman–Crippen LogP) is -2.11. The lowest BCUT2D eigenvalue weighted by molar-refractivity contribution is -0.437. The van der Waals surface area contributed by atoms with E-state index in [1.54, 1.807) is 11.8 Å². The fraction of sp³-hybridized carbons (Fsp3) is 0.949. The molecule has 6 fully saturated rings. The Balaban J connectivity index is 1.43. The minimum Gasteiger partial charge on any atom is -0.382 e. The number of urea groups is 1. The van der Waals surface area contributed by atoms with Gasteiger partial charge in [0, 0.05) is 59.5 Å². The van der Waals surface area contributed by atoms with Crippen molar-refractivity contribution in [3.05, 3.63) is 0 Å². The van der Waals surface area contributed by atoms with Gasteiger partial charge in [-0.1, -0.05) is 26.6 Å². The summed E-state index contributed by atoms with van der Waals surface area (Å²) in [6.45, 7) is -3.65. The second-order valence-electron chi connectivity index (χ2n) is 19.4. The third-order valence-electron chi connectivity index (χ3n) is 14.1. The number of aliphatic hydroxyl groups excluding tert-OH is 1. The Bertz CT molecular complexity index is 2570. The number of carbonyl (C=O) groups is 2. The Morgan fingerprint density at radius 2 is 1.00 bits per heavy atom. The lowest BCUT2D eigenvalue weighted by Crippen LogP contribution is -2.69. The number of aliphatic hydroxyl groups is 1. The summed E-state index contributed by atoms with van der Waals surface area (Å²) < 4.78 is 231. The Kier molecular flexibility index (Phi) is 34.6. The lowest BCUT2D eigenvalue weighted by Gasteiger charge is -2.51. The van der Waals surface area contributed by atoms with Gasteiger partial charge in [-0.25, -0.2) is 38.4 Å². The highest BCUT2D eigenvalue weighted by Gasteiger charge is 2.60. The van der Waals surface area contributed by atoms with E-state index in [9.17, 15) is 58.9 Å². The Hall–Kier alpha value is -1.06. The molecule has 0 saturated carbocycles. The Morgan fingerprint density at radius 1 is 0.548 bits per heavy atom. The van der Waals surface area contributed by atoms with Crippen LogP contribution >= 0.6 is 61.1 Å². The molecule has 23 atom stereocenters. The molecule has 6 rings (SSSR count). The van der Waals surface area contributed by atoms with Gasteiger partial charge in [-0.2, -0.15) is 37.0 Å². The molecule has 0 aromatic rings. The van der Waals surface area contributed by atoms with Crippen LogP contribution in [0.3, 0.4) is 0 Å². The zero-order valence-corrected chi connectivity index (χ0v) is 54.8. The van der Waals surface area contributed by atoms with Crippen LogP contribution in [0.4, 0.5) is 4.79 Å². The quantitative estimate of drug-likeness (QED) is 0.00777. The molecule has 544 valence electrons. The highest BCUT2D eigenvalue weighted by molar-refractivity contribution is 8.00. The predicted molar refractivity (Wildman–Crippen MR) is 294 cm³/mol. The van der Waals surface area contributed by atoms with Crippen molar-refractivity contribution < 1.29 is 198 Å². The van der Waals surface area contributed by atoms with Crippen LogP contribution in [0.1, 0.15) is 25.7 Å². The number of hydrogen-bond donors (Lipinski definition) is 11. The van der Waals surface area contributed by atoms with E-state index in [0.717, 1.165) is 14.2 Å². The van der Waals surface area contributed by atoms with Crippen molar-refractivity contribution in [3.63, 3.8) is 0 Å². The van der Waals surface area contributed by atoms with Crippen LogP contribution in [0, 0.1) is 0 Å². The van der Waals surface area contributed by atoms with E-state index in [1.807, 2.05) is 0 Å². The molecule has 0 bridgehead atoms.